The van der Waals surface area contributed by atoms with Crippen LogP contribution in [-0.4, -0.2) is 31.4 Å². The monoisotopic (exact) mass is 367 g/mol. The van der Waals surface area contributed by atoms with Crippen molar-refractivity contribution in [1.29, 1.82) is 0 Å². The van der Waals surface area contributed by atoms with E-state index in [4.69, 9.17) is 0 Å². The second-order valence-corrected chi connectivity index (χ2v) is 7.43. The Labute approximate surface area is 157 Å². The summed E-state index contributed by atoms with van der Waals surface area (Å²) in [5.74, 6) is -0.0464. The summed E-state index contributed by atoms with van der Waals surface area (Å²) < 4.78 is 1.67. The van der Waals surface area contributed by atoms with Crippen molar-refractivity contribution < 1.29 is 4.79 Å². The lowest BCUT2D eigenvalue weighted by molar-refractivity contribution is -0.120. The number of amides is 1. The molecule has 1 N–H and O–H groups in total. The van der Waals surface area contributed by atoms with Crippen LogP contribution in [-0.2, 0) is 11.3 Å². The number of benzene rings is 2. The van der Waals surface area contributed by atoms with E-state index in [9.17, 15) is 4.79 Å². The molecule has 0 radical (unpaired) electrons. The van der Waals surface area contributed by atoms with E-state index in [0.717, 1.165) is 16.8 Å². The van der Waals surface area contributed by atoms with Crippen molar-refractivity contribution in [3.63, 3.8) is 0 Å². The molecule has 7 heteroatoms. The number of hydrogen-bond donors (Lipinski definition) is 1. The smallest absolute Gasteiger partial charge is 0.233 e. The van der Waals surface area contributed by atoms with Crippen LogP contribution in [0.4, 0.5) is 0 Å². The summed E-state index contributed by atoms with van der Waals surface area (Å²) in [4.78, 5) is 12.4. The highest BCUT2D eigenvalue weighted by molar-refractivity contribution is 8.00. The van der Waals surface area contributed by atoms with Gasteiger partial charge >= 0.3 is 0 Å². The zero-order valence-electron chi connectivity index (χ0n) is 15.0. The quantitative estimate of drug-likeness (QED) is 0.678. The van der Waals surface area contributed by atoms with Gasteiger partial charge in [-0.05, 0) is 48.4 Å². The van der Waals surface area contributed by atoms with E-state index in [2.05, 4.69) is 20.8 Å². The molecule has 3 rings (SSSR count). The molecule has 1 amide bonds. The zero-order valence-corrected chi connectivity index (χ0v) is 15.8. The number of aryl methyl sites for hydroxylation is 2. The molecule has 26 heavy (non-hydrogen) atoms. The average Bonchev–Trinajstić information content (AvgIpc) is 3.09. The molecule has 0 aliphatic heterocycles. The van der Waals surface area contributed by atoms with Crippen LogP contribution in [0, 0.1) is 13.8 Å². The number of nitrogens with zero attached hydrogens (tertiary/aromatic N) is 4. The SMILES string of the molecule is Cc1ccc(CNC(=O)[C@@H](C)Sc2nnnn2-c2ccccc2C)cc1. The van der Waals surface area contributed by atoms with Crippen molar-refractivity contribution in [2.24, 2.45) is 0 Å². The summed E-state index contributed by atoms with van der Waals surface area (Å²) in [6.45, 7) is 6.40. The Kier molecular flexibility index (Phi) is 5.68. The normalized spacial score (nSPS) is 12.0. The summed E-state index contributed by atoms with van der Waals surface area (Å²) in [7, 11) is 0. The number of tetrazole rings is 1. The highest BCUT2D eigenvalue weighted by Gasteiger charge is 2.19. The molecule has 134 valence electrons. The molecule has 0 aliphatic rings. The molecule has 0 saturated carbocycles. The summed E-state index contributed by atoms with van der Waals surface area (Å²) in [6, 6.07) is 16.0. The maximum Gasteiger partial charge on any atom is 0.233 e. The topological polar surface area (TPSA) is 72.7 Å². The molecule has 1 heterocycles. The Morgan fingerprint density at radius 3 is 2.62 bits per heavy atom. The van der Waals surface area contributed by atoms with Gasteiger partial charge in [0.2, 0.25) is 11.1 Å². The van der Waals surface area contributed by atoms with Crippen LogP contribution in [0.2, 0.25) is 0 Å². The van der Waals surface area contributed by atoms with Gasteiger partial charge in [-0.15, -0.1) is 5.10 Å². The highest BCUT2D eigenvalue weighted by Crippen LogP contribution is 2.24. The van der Waals surface area contributed by atoms with E-state index in [1.165, 1.54) is 17.3 Å². The molecule has 2 aromatic carbocycles. The predicted octanol–water partition coefficient (Wildman–Crippen LogP) is 3.08. The van der Waals surface area contributed by atoms with Gasteiger partial charge in [0.05, 0.1) is 10.9 Å². The lowest BCUT2D eigenvalue weighted by Gasteiger charge is -2.12. The second-order valence-electron chi connectivity index (χ2n) is 6.12. The number of carbonyl (C=O) groups is 1. The first-order valence-corrected chi connectivity index (χ1v) is 9.27. The fraction of sp³-hybridized carbons (Fsp3) is 0.263. The molecule has 3 aromatic rings. The number of nitrogens with one attached hydrogen (secondary N) is 1. The van der Waals surface area contributed by atoms with Crippen molar-refractivity contribution in [2.45, 2.75) is 37.7 Å². The summed E-state index contributed by atoms with van der Waals surface area (Å²) in [6.07, 6.45) is 0. The van der Waals surface area contributed by atoms with E-state index in [0.29, 0.717) is 11.7 Å². The van der Waals surface area contributed by atoms with Gasteiger partial charge in [-0.3, -0.25) is 4.79 Å². The Balaban J connectivity index is 1.64. The van der Waals surface area contributed by atoms with Crippen LogP contribution in [0.1, 0.15) is 23.6 Å². The predicted molar refractivity (Wildman–Crippen MR) is 102 cm³/mol. The van der Waals surface area contributed by atoms with E-state index < -0.39 is 0 Å². The zero-order chi connectivity index (χ0) is 18.5. The minimum absolute atomic E-state index is 0.0464. The van der Waals surface area contributed by atoms with Gasteiger partial charge in [-0.1, -0.05) is 59.8 Å². The van der Waals surface area contributed by atoms with Crippen molar-refractivity contribution in [1.82, 2.24) is 25.5 Å². The van der Waals surface area contributed by atoms with Crippen molar-refractivity contribution >= 4 is 17.7 Å². The van der Waals surface area contributed by atoms with Crippen LogP contribution >= 0.6 is 11.8 Å². The van der Waals surface area contributed by atoms with Crippen LogP contribution in [0.25, 0.3) is 5.69 Å². The third kappa shape index (κ3) is 4.29. The van der Waals surface area contributed by atoms with Crippen molar-refractivity contribution in [3.8, 4) is 5.69 Å². The van der Waals surface area contributed by atoms with Crippen molar-refractivity contribution in [2.75, 3.05) is 0 Å². The summed E-state index contributed by atoms with van der Waals surface area (Å²) >= 11 is 1.34. The molecule has 6 nitrogen and oxygen atoms in total. The molecule has 0 unspecified atom stereocenters. The minimum Gasteiger partial charge on any atom is -0.351 e. The molecule has 0 spiro atoms. The summed E-state index contributed by atoms with van der Waals surface area (Å²) in [5.41, 5.74) is 4.25. The third-order valence-corrected chi connectivity index (χ3v) is 5.06. The molecule has 0 fully saturated rings. The van der Waals surface area contributed by atoms with Crippen LogP contribution in [0.3, 0.4) is 0 Å². The second kappa shape index (κ2) is 8.14. The Hall–Kier alpha value is -2.67. The fourth-order valence-corrected chi connectivity index (χ4v) is 3.28. The summed E-state index contributed by atoms with van der Waals surface area (Å²) in [5, 5.41) is 15.1. The van der Waals surface area contributed by atoms with Crippen LogP contribution in [0.15, 0.2) is 53.7 Å². The highest BCUT2D eigenvalue weighted by atomic mass is 32.2. The Bertz CT molecular complexity index is 891. The van der Waals surface area contributed by atoms with E-state index in [1.807, 2.05) is 69.3 Å². The Morgan fingerprint density at radius 2 is 1.88 bits per heavy atom. The molecule has 0 saturated heterocycles. The number of carbonyl (C=O) groups excluding carboxylic acids is 1. The fourth-order valence-electron chi connectivity index (χ4n) is 2.46. The standard InChI is InChI=1S/C19H21N5OS/c1-13-8-10-16(11-9-13)12-20-18(25)15(3)26-19-21-22-23-24(19)17-7-5-4-6-14(17)2/h4-11,15H,12H2,1-3H3,(H,20,25)/t15-/m1/s1. The average molecular weight is 367 g/mol. The number of thioether (sulfide) groups is 1. The molecule has 0 bridgehead atoms. The largest absolute Gasteiger partial charge is 0.351 e. The van der Waals surface area contributed by atoms with Gasteiger partial charge in [-0.25, -0.2) is 0 Å². The number of aromatic nitrogens is 4. The number of para-hydroxylation sites is 1. The van der Waals surface area contributed by atoms with Crippen LogP contribution in [0.5, 0.6) is 0 Å². The van der Waals surface area contributed by atoms with Gasteiger partial charge in [0, 0.05) is 6.54 Å². The van der Waals surface area contributed by atoms with Crippen LogP contribution < -0.4 is 5.32 Å². The first kappa shape index (κ1) is 18.1. The molecular weight excluding hydrogens is 346 g/mol. The van der Waals surface area contributed by atoms with Gasteiger partial charge in [0.1, 0.15) is 0 Å². The maximum atomic E-state index is 12.4. The lowest BCUT2D eigenvalue weighted by atomic mass is 10.1. The van der Waals surface area contributed by atoms with E-state index in [1.54, 1.807) is 4.68 Å². The Morgan fingerprint density at radius 1 is 1.15 bits per heavy atom. The molecule has 0 aliphatic carbocycles. The number of hydrogen-bond acceptors (Lipinski definition) is 5. The lowest BCUT2D eigenvalue weighted by Crippen LogP contribution is -2.30. The minimum atomic E-state index is -0.311. The van der Waals surface area contributed by atoms with Gasteiger partial charge in [0.25, 0.3) is 0 Å². The van der Waals surface area contributed by atoms with E-state index in [-0.39, 0.29) is 11.2 Å². The first-order valence-electron chi connectivity index (χ1n) is 8.39. The maximum absolute atomic E-state index is 12.4. The van der Waals surface area contributed by atoms with E-state index >= 15 is 0 Å². The van der Waals surface area contributed by atoms with Gasteiger partial charge in [0.15, 0.2) is 0 Å². The third-order valence-electron chi connectivity index (χ3n) is 4.02. The van der Waals surface area contributed by atoms with Gasteiger partial charge in [-0.2, -0.15) is 4.68 Å². The van der Waals surface area contributed by atoms with Gasteiger partial charge < -0.3 is 5.32 Å². The number of rotatable bonds is 6. The van der Waals surface area contributed by atoms with Crippen molar-refractivity contribution in [3.05, 3.63) is 65.2 Å². The molecule has 1 aromatic heterocycles. The molecular formula is C19H21N5OS. The first-order chi connectivity index (χ1) is 12.5. The molecule has 1 atom stereocenters.